The zero-order chi connectivity index (χ0) is 20.9. The lowest BCUT2D eigenvalue weighted by Crippen LogP contribution is -2.34. The molecule has 0 saturated carbocycles. The Morgan fingerprint density at radius 2 is 1.63 bits per heavy atom. The SMILES string of the molecule is Cc1ccccc1NNC(=O)COc1c(-c2ccccc2)oc2ccccc2c1=O. The summed E-state index contributed by atoms with van der Waals surface area (Å²) in [5.74, 6) is -0.130. The number of hydrazine groups is 1. The van der Waals surface area contributed by atoms with Gasteiger partial charge >= 0.3 is 0 Å². The van der Waals surface area contributed by atoms with Gasteiger partial charge in [-0.3, -0.25) is 20.4 Å². The van der Waals surface area contributed by atoms with E-state index in [-0.39, 0.29) is 17.8 Å². The van der Waals surface area contributed by atoms with E-state index in [9.17, 15) is 9.59 Å². The maximum Gasteiger partial charge on any atom is 0.276 e. The molecule has 1 aromatic heterocycles. The van der Waals surface area contributed by atoms with Crippen molar-refractivity contribution in [2.75, 3.05) is 12.0 Å². The smallest absolute Gasteiger partial charge is 0.276 e. The molecule has 0 radical (unpaired) electrons. The molecule has 1 heterocycles. The molecule has 150 valence electrons. The number of anilines is 1. The molecule has 0 aliphatic rings. The van der Waals surface area contributed by atoms with E-state index in [4.69, 9.17) is 9.15 Å². The lowest BCUT2D eigenvalue weighted by atomic mass is 10.1. The van der Waals surface area contributed by atoms with E-state index in [0.29, 0.717) is 22.3 Å². The van der Waals surface area contributed by atoms with Gasteiger partial charge in [-0.2, -0.15) is 0 Å². The molecule has 6 heteroatoms. The third kappa shape index (κ3) is 4.03. The van der Waals surface area contributed by atoms with Gasteiger partial charge in [0.2, 0.25) is 11.2 Å². The summed E-state index contributed by atoms with van der Waals surface area (Å²) in [4.78, 5) is 25.3. The predicted octanol–water partition coefficient (Wildman–Crippen LogP) is 4.29. The molecular formula is C24H20N2O4. The van der Waals surface area contributed by atoms with E-state index in [1.807, 2.05) is 61.5 Å². The monoisotopic (exact) mass is 400 g/mol. The van der Waals surface area contributed by atoms with Gasteiger partial charge in [-0.25, -0.2) is 0 Å². The highest BCUT2D eigenvalue weighted by atomic mass is 16.5. The van der Waals surface area contributed by atoms with Crippen molar-refractivity contribution in [2.24, 2.45) is 0 Å². The second kappa shape index (κ2) is 8.53. The lowest BCUT2D eigenvalue weighted by molar-refractivity contribution is -0.122. The summed E-state index contributed by atoms with van der Waals surface area (Å²) in [5.41, 5.74) is 8.03. The van der Waals surface area contributed by atoms with Crippen LogP contribution < -0.4 is 21.0 Å². The van der Waals surface area contributed by atoms with Gasteiger partial charge in [0.1, 0.15) is 5.58 Å². The highest BCUT2D eigenvalue weighted by Crippen LogP contribution is 2.30. The zero-order valence-corrected chi connectivity index (χ0v) is 16.3. The number of ether oxygens (including phenoxy) is 1. The maximum atomic E-state index is 13.0. The molecule has 2 N–H and O–H groups in total. The molecule has 0 bridgehead atoms. The van der Waals surface area contributed by atoms with Crippen LogP contribution in [0.4, 0.5) is 5.69 Å². The van der Waals surface area contributed by atoms with Crippen molar-refractivity contribution in [3.8, 4) is 17.1 Å². The minimum absolute atomic E-state index is 0.00550. The van der Waals surface area contributed by atoms with Crippen LogP contribution >= 0.6 is 0 Å². The average molecular weight is 400 g/mol. The fourth-order valence-corrected chi connectivity index (χ4v) is 3.06. The Balaban J connectivity index is 1.58. The van der Waals surface area contributed by atoms with E-state index in [1.165, 1.54) is 0 Å². The fourth-order valence-electron chi connectivity index (χ4n) is 3.06. The zero-order valence-electron chi connectivity index (χ0n) is 16.3. The topological polar surface area (TPSA) is 80.6 Å². The summed E-state index contributed by atoms with van der Waals surface area (Å²) in [6.45, 7) is 1.58. The number of para-hydroxylation sites is 2. The van der Waals surface area contributed by atoms with Gasteiger partial charge in [0.05, 0.1) is 11.1 Å². The van der Waals surface area contributed by atoms with Gasteiger partial charge < -0.3 is 9.15 Å². The van der Waals surface area contributed by atoms with Crippen LogP contribution in [0.5, 0.6) is 5.75 Å². The number of carbonyl (C=O) groups is 1. The van der Waals surface area contributed by atoms with Gasteiger partial charge in [0.25, 0.3) is 5.91 Å². The third-order valence-corrected chi connectivity index (χ3v) is 4.62. The summed E-state index contributed by atoms with van der Waals surface area (Å²) < 4.78 is 11.6. The van der Waals surface area contributed by atoms with Crippen molar-refractivity contribution in [1.29, 1.82) is 0 Å². The van der Waals surface area contributed by atoms with Crippen LogP contribution in [0.25, 0.3) is 22.3 Å². The number of carbonyl (C=O) groups excluding carboxylic acids is 1. The summed E-state index contributed by atoms with van der Waals surface area (Å²) in [6, 6.07) is 23.7. The van der Waals surface area contributed by atoms with Crippen LogP contribution in [0.3, 0.4) is 0 Å². The largest absolute Gasteiger partial charge is 0.476 e. The molecule has 3 aromatic carbocycles. The van der Waals surface area contributed by atoms with Crippen LogP contribution in [0.2, 0.25) is 0 Å². The molecule has 0 spiro atoms. The molecule has 6 nitrogen and oxygen atoms in total. The van der Waals surface area contributed by atoms with Crippen molar-refractivity contribution in [3.05, 3.63) is 94.6 Å². The maximum absolute atomic E-state index is 13.0. The van der Waals surface area contributed by atoms with E-state index in [1.54, 1.807) is 24.3 Å². The molecule has 0 unspecified atom stereocenters. The van der Waals surface area contributed by atoms with E-state index >= 15 is 0 Å². The minimum Gasteiger partial charge on any atom is -0.476 e. The number of fused-ring (bicyclic) bond motifs is 1. The molecule has 0 saturated heterocycles. The molecule has 0 aliphatic carbocycles. The van der Waals surface area contributed by atoms with Crippen molar-refractivity contribution >= 4 is 22.6 Å². The minimum atomic E-state index is -0.426. The van der Waals surface area contributed by atoms with Crippen molar-refractivity contribution < 1.29 is 13.9 Å². The van der Waals surface area contributed by atoms with Crippen molar-refractivity contribution in [3.63, 3.8) is 0 Å². The average Bonchev–Trinajstić information content (AvgIpc) is 2.78. The summed E-state index contributed by atoms with van der Waals surface area (Å²) in [5, 5.41) is 0.394. The summed E-state index contributed by atoms with van der Waals surface area (Å²) in [7, 11) is 0. The number of hydrogen-bond donors (Lipinski definition) is 2. The first-order valence-corrected chi connectivity index (χ1v) is 9.48. The van der Waals surface area contributed by atoms with Crippen LogP contribution in [0.15, 0.2) is 88.1 Å². The fraction of sp³-hybridized carbons (Fsp3) is 0.0833. The Morgan fingerprint density at radius 1 is 0.933 bits per heavy atom. The van der Waals surface area contributed by atoms with Crippen LogP contribution in [-0.2, 0) is 4.79 Å². The first-order valence-electron chi connectivity index (χ1n) is 9.48. The first-order chi connectivity index (χ1) is 14.6. The van der Waals surface area contributed by atoms with Gasteiger partial charge in [0.15, 0.2) is 12.4 Å². The summed E-state index contributed by atoms with van der Waals surface area (Å²) >= 11 is 0. The quantitative estimate of drug-likeness (QED) is 0.472. The van der Waals surface area contributed by atoms with E-state index in [2.05, 4.69) is 10.9 Å². The van der Waals surface area contributed by atoms with Crippen LogP contribution in [0.1, 0.15) is 5.56 Å². The Kier molecular flexibility index (Phi) is 5.48. The molecule has 0 aliphatic heterocycles. The van der Waals surface area contributed by atoms with Crippen molar-refractivity contribution in [1.82, 2.24) is 5.43 Å². The Labute approximate surface area is 173 Å². The van der Waals surface area contributed by atoms with Crippen LogP contribution in [-0.4, -0.2) is 12.5 Å². The molecule has 1 amide bonds. The molecular weight excluding hydrogens is 380 g/mol. The van der Waals surface area contributed by atoms with E-state index < -0.39 is 5.91 Å². The Bertz CT molecular complexity index is 1250. The highest BCUT2D eigenvalue weighted by molar-refractivity contribution is 5.83. The van der Waals surface area contributed by atoms with Crippen LogP contribution in [0, 0.1) is 6.92 Å². The number of benzene rings is 3. The number of aryl methyl sites for hydroxylation is 1. The predicted molar refractivity (Wildman–Crippen MR) is 116 cm³/mol. The normalized spacial score (nSPS) is 10.6. The Morgan fingerprint density at radius 3 is 2.43 bits per heavy atom. The molecule has 0 atom stereocenters. The van der Waals surface area contributed by atoms with E-state index in [0.717, 1.165) is 11.3 Å². The van der Waals surface area contributed by atoms with Gasteiger partial charge in [-0.1, -0.05) is 60.7 Å². The lowest BCUT2D eigenvalue weighted by Gasteiger charge is -2.13. The summed E-state index contributed by atoms with van der Waals surface area (Å²) in [6.07, 6.45) is 0. The Hall–Kier alpha value is -4.06. The number of amides is 1. The highest BCUT2D eigenvalue weighted by Gasteiger charge is 2.18. The van der Waals surface area contributed by atoms with Gasteiger partial charge in [-0.15, -0.1) is 0 Å². The molecule has 4 rings (SSSR count). The molecule has 30 heavy (non-hydrogen) atoms. The number of hydrogen-bond acceptors (Lipinski definition) is 5. The van der Waals surface area contributed by atoms with Crippen molar-refractivity contribution in [2.45, 2.75) is 6.92 Å². The second-order valence-electron chi connectivity index (χ2n) is 6.73. The number of nitrogens with one attached hydrogen (secondary N) is 2. The first kappa shape index (κ1) is 19.3. The molecule has 0 fully saturated rings. The van der Waals surface area contributed by atoms with Gasteiger partial charge in [0, 0.05) is 5.56 Å². The second-order valence-corrected chi connectivity index (χ2v) is 6.73. The molecule has 4 aromatic rings. The third-order valence-electron chi connectivity index (χ3n) is 4.62. The van der Waals surface area contributed by atoms with Gasteiger partial charge in [-0.05, 0) is 30.7 Å². The number of rotatable bonds is 6. The standard InChI is InChI=1S/C24H20N2O4/c1-16-9-5-7-13-19(16)25-26-21(27)15-29-24-22(28)18-12-6-8-14-20(18)30-23(24)17-10-3-2-4-11-17/h2-14,25H,15H2,1H3,(H,26,27).